The zero-order valence-corrected chi connectivity index (χ0v) is 38.1. The van der Waals surface area contributed by atoms with Crippen molar-refractivity contribution < 1.29 is 19.1 Å². The van der Waals surface area contributed by atoms with Gasteiger partial charge in [-0.25, -0.2) is 15.0 Å². The van der Waals surface area contributed by atoms with E-state index in [0.29, 0.717) is 34.7 Å². The van der Waals surface area contributed by atoms with Gasteiger partial charge < -0.3 is 19.4 Å². The maximum Gasteiger partial charge on any atom is 0.272 e. The van der Waals surface area contributed by atoms with Gasteiger partial charge in [0.1, 0.15) is 22.8 Å². The minimum absolute atomic E-state index is 0.00509. The van der Waals surface area contributed by atoms with Crippen LogP contribution in [0.1, 0.15) is 193 Å². The molecule has 3 heterocycles. The lowest BCUT2D eigenvalue weighted by Crippen LogP contribution is -2.33. The van der Waals surface area contributed by atoms with Crippen molar-refractivity contribution in [2.24, 2.45) is 0 Å². The Morgan fingerprint density at radius 3 is 1.23 bits per heavy atom. The Morgan fingerprint density at radius 1 is 0.509 bits per heavy atom. The van der Waals surface area contributed by atoms with Crippen LogP contribution in [0.25, 0.3) is 0 Å². The lowest BCUT2D eigenvalue weighted by atomic mass is 10.1. The fourth-order valence-electron chi connectivity index (χ4n) is 6.09. The van der Waals surface area contributed by atoms with Crippen molar-refractivity contribution in [3.8, 4) is 5.75 Å². The Labute approximate surface area is 346 Å². The molecule has 3 rings (SSSR count). The van der Waals surface area contributed by atoms with Gasteiger partial charge in [0.2, 0.25) is 0 Å². The van der Waals surface area contributed by atoms with Crippen LogP contribution in [0.15, 0.2) is 42.5 Å². The Kier molecular flexibility index (Phi) is 24.3. The fourth-order valence-corrected chi connectivity index (χ4v) is 6.09. The van der Waals surface area contributed by atoms with Gasteiger partial charge in [-0.2, -0.15) is 0 Å². The Bertz CT molecular complexity index is 1620. The minimum atomic E-state index is -0.00509. The smallest absolute Gasteiger partial charge is 0.272 e. The zero-order valence-electron chi connectivity index (χ0n) is 38.1. The van der Waals surface area contributed by atoms with Crippen molar-refractivity contribution in [3.05, 3.63) is 82.2 Å². The van der Waals surface area contributed by atoms with Crippen molar-refractivity contribution in [3.63, 3.8) is 0 Å². The van der Waals surface area contributed by atoms with Crippen LogP contribution >= 0.6 is 0 Å². The van der Waals surface area contributed by atoms with Crippen LogP contribution < -0.4 is 4.74 Å². The van der Waals surface area contributed by atoms with Crippen molar-refractivity contribution in [2.45, 2.75) is 146 Å². The molecule has 0 radical (unpaired) electrons. The Hall–Kier alpha value is -4.34. The van der Waals surface area contributed by atoms with Crippen LogP contribution in [0.2, 0.25) is 0 Å². The fraction of sp³-hybridized carbons (Fsp3) is 0.617. The zero-order chi connectivity index (χ0) is 43.1. The summed E-state index contributed by atoms with van der Waals surface area (Å²) in [5, 5.41) is 0. The van der Waals surface area contributed by atoms with E-state index in [0.717, 1.165) is 100 Å². The molecule has 3 aromatic heterocycles. The van der Waals surface area contributed by atoms with Gasteiger partial charge in [-0.3, -0.25) is 14.4 Å². The predicted molar refractivity (Wildman–Crippen MR) is 236 cm³/mol. The number of hydrogen-bond acceptors (Lipinski definition) is 7. The molecule has 0 saturated carbocycles. The molecule has 0 aliphatic carbocycles. The van der Waals surface area contributed by atoms with Crippen molar-refractivity contribution >= 4 is 17.7 Å². The molecule has 10 heteroatoms. The second kappa shape index (κ2) is 27.3. The highest BCUT2D eigenvalue weighted by atomic mass is 16.5. The monoisotopic (exact) mass is 789 g/mol. The molecule has 0 bridgehead atoms. The number of pyridine rings is 3. The lowest BCUT2D eigenvalue weighted by molar-refractivity contribution is 0.0742. The molecule has 3 aromatic rings. The van der Waals surface area contributed by atoms with E-state index in [1.165, 1.54) is 0 Å². The number of aryl methyl sites for hydroxylation is 1. The molecule has 0 N–H and O–H groups in total. The number of methoxy groups -OCH3 is 1. The van der Waals surface area contributed by atoms with E-state index in [1.807, 2.05) is 52.0 Å². The normalized spacial score (nSPS) is 10.8. The first kappa shape index (κ1) is 50.7. The Morgan fingerprint density at radius 2 is 0.860 bits per heavy atom. The molecule has 3 amide bonds. The van der Waals surface area contributed by atoms with Crippen LogP contribution in [0, 0.1) is 6.92 Å². The van der Waals surface area contributed by atoms with E-state index < -0.39 is 0 Å². The van der Waals surface area contributed by atoms with E-state index in [9.17, 15) is 14.4 Å². The number of carbonyl (C=O) groups is 3. The van der Waals surface area contributed by atoms with Crippen LogP contribution in [0.3, 0.4) is 0 Å². The summed E-state index contributed by atoms with van der Waals surface area (Å²) in [6, 6.07) is 13.3. The van der Waals surface area contributed by atoms with Crippen molar-refractivity contribution in [1.29, 1.82) is 0 Å². The van der Waals surface area contributed by atoms with Crippen molar-refractivity contribution in [1.82, 2.24) is 29.7 Å². The number of ether oxygens (including phenoxy) is 1. The lowest BCUT2D eigenvalue weighted by Gasteiger charge is -2.21. The summed E-state index contributed by atoms with van der Waals surface area (Å²) in [6.45, 7) is 31.8. The SMILES string of the molecule is CCCN(CCC)C(=O)c1cc(C)cc(C(C)C)n1.CCCN(CCC)C(=O)c1cc(OC)cc(C(C)C)n1.CCCN(CCC)C(=O)c1cccc(C(C)C)n1. The van der Waals surface area contributed by atoms with Crippen molar-refractivity contribution in [2.75, 3.05) is 46.4 Å². The highest BCUT2D eigenvalue weighted by Gasteiger charge is 2.20. The third kappa shape index (κ3) is 17.4. The van der Waals surface area contributed by atoms with Gasteiger partial charge in [0.05, 0.1) is 7.11 Å². The first-order valence-electron chi connectivity index (χ1n) is 21.5. The van der Waals surface area contributed by atoms with Crippen LogP contribution in [0.4, 0.5) is 0 Å². The molecule has 318 valence electrons. The maximum atomic E-state index is 12.6. The number of carbonyl (C=O) groups excluding carboxylic acids is 3. The van der Waals surface area contributed by atoms with Gasteiger partial charge in [-0.1, -0.05) is 89.2 Å². The molecule has 0 fully saturated rings. The summed E-state index contributed by atoms with van der Waals surface area (Å²) in [4.78, 5) is 56.6. The quantitative estimate of drug-likeness (QED) is 0.119. The van der Waals surface area contributed by atoms with Crippen LogP contribution in [0.5, 0.6) is 5.75 Å². The van der Waals surface area contributed by atoms with Gasteiger partial charge in [-0.05, 0) is 93.0 Å². The number of nitrogens with zero attached hydrogens (tertiary/aromatic N) is 6. The summed E-state index contributed by atoms with van der Waals surface area (Å²) >= 11 is 0. The van der Waals surface area contributed by atoms with E-state index in [1.54, 1.807) is 13.2 Å². The molecule has 10 nitrogen and oxygen atoms in total. The van der Waals surface area contributed by atoms with E-state index in [2.05, 4.69) is 104 Å². The maximum absolute atomic E-state index is 12.6. The molecule has 0 unspecified atom stereocenters. The second-order valence-electron chi connectivity index (χ2n) is 15.6. The minimum Gasteiger partial charge on any atom is -0.497 e. The molecular formula is C47H76N6O4. The molecule has 0 saturated heterocycles. The van der Waals surface area contributed by atoms with Gasteiger partial charge in [0.25, 0.3) is 17.7 Å². The number of rotatable bonds is 19. The standard InChI is InChI=1S/C16H26N2O2.C16H26N2O.C15H24N2O/c1-6-8-18(9-7-2)16(19)15-11-13(20-5)10-14(17-15)12(3)4;1-6-8-18(9-7-2)16(19)15-11-13(5)10-14(17-15)12(3)4;1-5-10-17(11-6-2)15(18)14-9-7-8-13(16-14)12(3)4/h10-12H,6-9H2,1-5H3;10-12H,6-9H2,1-5H3;7-9,12H,5-6,10-11H2,1-4H3. The van der Waals surface area contributed by atoms with Crippen LogP contribution in [-0.2, 0) is 0 Å². The summed E-state index contributed by atoms with van der Waals surface area (Å²) in [7, 11) is 1.61. The largest absolute Gasteiger partial charge is 0.497 e. The van der Waals surface area contributed by atoms with Gasteiger partial charge in [0, 0.05) is 68.5 Å². The highest BCUT2D eigenvalue weighted by Crippen LogP contribution is 2.21. The number of amides is 3. The average Bonchev–Trinajstić information content (AvgIpc) is 3.19. The number of aromatic nitrogens is 3. The average molecular weight is 789 g/mol. The summed E-state index contributed by atoms with van der Waals surface area (Å²) in [5.41, 5.74) is 5.62. The van der Waals surface area contributed by atoms with Crippen LogP contribution in [-0.4, -0.2) is 93.8 Å². The number of hydrogen-bond donors (Lipinski definition) is 0. The first-order chi connectivity index (χ1) is 27.1. The molecule has 0 atom stereocenters. The highest BCUT2D eigenvalue weighted by molar-refractivity contribution is 5.93. The first-order valence-corrected chi connectivity index (χ1v) is 21.5. The molecule has 0 aliphatic rings. The van der Waals surface area contributed by atoms with Gasteiger partial charge in [-0.15, -0.1) is 0 Å². The Balaban J connectivity index is 0.000000428. The van der Waals surface area contributed by atoms with E-state index >= 15 is 0 Å². The molecule has 0 aliphatic heterocycles. The van der Waals surface area contributed by atoms with Gasteiger partial charge in [0.15, 0.2) is 0 Å². The summed E-state index contributed by atoms with van der Waals surface area (Å²) in [6.07, 6.45) is 5.83. The third-order valence-corrected chi connectivity index (χ3v) is 9.07. The molecular weight excluding hydrogens is 713 g/mol. The third-order valence-electron chi connectivity index (χ3n) is 9.07. The predicted octanol–water partition coefficient (Wildman–Crippen LogP) is 10.7. The molecule has 0 aromatic carbocycles. The van der Waals surface area contributed by atoms with E-state index in [4.69, 9.17) is 4.74 Å². The summed E-state index contributed by atoms with van der Waals surface area (Å²) < 4.78 is 5.28. The van der Waals surface area contributed by atoms with Gasteiger partial charge >= 0.3 is 0 Å². The summed E-state index contributed by atoms with van der Waals surface area (Å²) in [5.74, 6) is 1.77. The molecule has 57 heavy (non-hydrogen) atoms. The molecule has 0 spiro atoms. The second-order valence-corrected chi connectivity index (χ2v) is 15.6. The van der Waals surface area contributed by atoms with E-state index in [-0.39, 0.29) is 23.6 Å². The topological polar surface area (TPSA) is 109 Å².